The average molecular weight is 463 g/mol. The van der Waals surface area contributed by atoms with Gasteiger partial charge in [-0.15, -0.1) is 0 Å². The number of benzene rings is 2. The van der Waals surface area contributed by atoms with Gasteiger partial charge in [0.1, 0.15) is 0 Å². The van der Waals surface area contributed by atoms with E-state index in [4.69, 9.17) is 0 Å². The van der Waals surface area contributed by atoms with E-state index in [2.05, 4.69) is 23.8 Å². The predicted molar refractivity (Wildman–Crippen MR) is 124 cm³/mol. The van der Waals surface area contributed by atoms with Gasteiger partial charge in [-0.3, -0.25) is 0 Å². The van der Waals surface area contributed by atoms with Crippen molar-refractivity contribution in [3.05, 3.63) is 53.8 Å². The lowest BCUT2D eigenvalue weighted by Crippen LogP contribution is -2.30. The lowest BCUT2D eigenvalue weighted by Gasteiger charge is -2.42. The Kier molecular flexibility index (Phi) is 7.65. The van der Waals surface area contributed by atoms with Crippen LogP contribution in [0.5, 0.6) is 5.75 Å². The second-order valence-corrected chi connectivity index (χ2v) is 10.0. The van der Waals surface area contributed by atoms with Gasteiger partial charge < -0.3 is 4.74 Å². The molecule has 4 atom stereocenters. The normalized spacial score (nSPS) is 25.5. The average Bonchev–Trinajstić information content (AvgIpc) is 2.81. The van der Waals surface area contributed by atoms with Gasteiger partial charge in [0.15, 0.2) is 18.2 Å². The van der Waals surface area contributed by atoms with Gasteiger partial charge in [-0.25, -0.2) is 4.39 Å². The van der Waals surface area contributed by atoms with Crippen molar-refractivity contribution < 1.29 is 22.3 Å². The molecule has 1 nitrogen and oxygen atoms in total. The highest BCUT2D eigenvalue weighted by Crippen LogP contribution is 2.48. The van der Waals surface area contributed by atoms with Gasteiger partial charge in [-0.1, -0.05) is 62.9 Å². The molecule has 0 aliphatic heterocycles. The molecule has 0 N–H and O–H groups in total. The molecule has 0 saturated heterocycles. The molecular formula is C28H34F4O. The van der Waals surface area contributed by atoms with Crippen molar-refractivity contribution in [3.8, 4) is 16.9 Å². The van der Waals surface area contributed by atoms with E-state index in [1.54, 1.807) is 6.07 Å². The Morgan fingerprint density at radius 2 is 1.58 bits per heavy atom. The molecule has 2 aromatic rings. The molecule has 0 spiro atoms. The minimum absolute atomic E-state index is 0.381. The summed E-state index contributed by atoms with van der Waals surface area (Å²) in [5.41, 5.74) is 2.83. The minimum Gasteiger partial charge on any atom is -0.481 e. The number of fused-ring (bicyclic) bond motifs is 1. The van der Waals surface area contributed by atoms with Crippen LogP contribution in [0.25, 0.3) is 11.1 Å². The smallest absolute Gasteiger partial charge is 0.422 e. The first kappa shape index (κ1) is 24.1. The lowest BCUT2D eigenvalue weighted by atomic mass is 9.63. The summed E-state index contributed by atoms with van der Waals surface area (Å²) in [5, 5.41) is 0. The molecule has 0 amide bonds. The van der Waals surface area contributed by atoms with Crippen molar-refractivity contribution in [1.29, 1.82) is 0 Å². The maximum Gasteiger partial charge on any atom is 0.422 e. The molecule has 0 heterocycles. The fourth-order valence-corrected chi connectivity index (χ4v) is 5.95. The van der Waals surface area contributed by atoms with E-state index in [0.29, 0.717) is 11.5 Å². The number of hydrogen-bond donors (Lipinski definition) is 0. The van der Waals surface area contributed by atoms with Gasteiger partial charge in [-0.05, 0) is 84.6 Å². The lowest BCUT2D eigenvalue weighted by molar-refractivity contribution is -0.153. The molecule has 180 valence electrons. The SMILES string of the molecule is CCCCC1CCC2CC(c3ccc(-c4ccc(OCC(F)(F)F)c(F)c4)cc3)CCC2C1. The fraction of sp³-hybridized carbons (Fsp3) is 0.571. The topological polar surface area (TPSA) is 9.23 Å². The summed E-state index contributed by atoms with van der Waals surface area (Å²) in [6.45, 7) is 0.779. The maximum atomic E-state index is 14.2. The van der Waals surface area contributed by atoms with Gasteiger partial charge in [0.2, 0.25) is 0 Å². The van der Waals surface area contributed by atoms with Crippen LogP contribution in [0.1, 0.15) is 76.2 Å². The zero-order valence-electron chi connectivity index (χ0n) is 19.3. The third kappa shape index (κ3) is 6.30. The fourth-order valence-electron chi connectivity index (χ4n) is 5.95. The number of ether oxygens (including phenoxy) is 1. The molecule has 4 unspecified atom stereocenters. The predicted octanol–water partition coefficient (Wildman–Crippen LogP) is 8.92. The summed E-state index contributed by atoms with van der Waals surface area (Å²) >= 11 is 0. The van der Waals surface area contributed by atoms with E-state index in [0.717, 1.165) is 23.3 Å². The first-order valence-electron chi connectivity index (χ1n) is 12.4. The van der Waals surface area contributed by atoms with Crippen LogP contribution in [0.3, 0.4) is 0 Å². The number of halogens is 4. The highest BCUT2D eigenvalue weighted by Gasteiger charge is 2.35. The van der Waals surface area contributed by atoms with Gasteiger partial charge >= 0.3 is 6.18 Å². The highest BCUT2D eigenvalue weighted by molar-refractivity contribution is 5.64. The van der Waals surface area contributed by atoms with Crippen molar-refractivity contribution in [2.45, 2.75) is 76.8 Å². The van der Waals surface area contributed by atoms with Crippen molar-refractivity contribution in [3.63, 3.8) is 0 Å². The first-order valence-corrected chi connectivity index (χ1v) is 12.4. The molecule has 0 radical (unpaired) electrons. The Labute approximate surface area is 194 Å². The van der Waals surface area contributed by atoms with E-state index >= 15 is 0 Å². The molecule has 2 aliphatic carbocycles. The summed E-state index contributed by atoms with van der Waals surface area (Å²) in [4.78, 5) is 0. The molecule has 2 aliphatic rings. The highest BCUT2D eigenvalue weighted by atomic mass is 19.4. The number of alkyl halides is 3. The van der Waals surface area contributed by atoms with Crippen LogP contribution in [0.2, 0.25) is 0 Å². The Morgan fingerprint density at radius 3 is 2.27 bits per heavy atom. The van der Waals surface area contributed by atoms with Crippen molar-refractivity contribution in [1.82, 2.24) is 0 Å². The van der Waals surface area contributed by atoms with Crippen molar-refractivity contribution in [2.24, 2.45) is 17.8 Å². The largest absolute Gasteiger partial charge is 0.481 e. The van der Waals surface area contributed by atoms with Crippen LogP contribution in [-0.4, -0.2) is 12.8 Å². The number of rotatable bonds is 7. The molecule has 0 aromatic heterocycles. The molecule has 0 bridgehead atoms. The third-order valence-electron chi connectivity index (χ3n) is 7.73. The Hall–Kier alpha value is -2.04. The standard InChI is InChI=1S/C28H34F4O/c1-2-3-4-19-5-6-24-16-23(12-11-22(24)15-19)20-7-9-21(10-8-20)25-13-14-27(26(29)17-25)33-18-28(30,31)32/h7-10,13-14,17,19,22-24H,2-6,11-12,15-16,18H2,1H3. The summed E-state index contributed by atoms with van der Waals surface area (Å²) in [5.74, 6) is 2.11. The van der Waals surface area contributed by atoms with E-state index in [1.807, 2.05) is 12.1 Å². The quantitative estimate of drug-likeness (QED) is 0.373. The van der Waals surface area contributed by atoms with Crippen LogP contribution in [-0.2, 0) is 0 Å². The molecular weight excluding hydrogens is 428 g/mol. The van der Waals surface area contributed by atoms with Gasteiger partial charge in [0, 0.05) is 0 Å². The van der Waals surface area contributed by atoms with Crippen molar-refractivity contribution in [2.75, 3.05) is 6.61 Å². The van der Waals surface area contributed by atoms with Gasteiger partial charge in [0.25, 0.3) is 0 Å². The second kappa shape index (κ2) is 10.5. The number of hydrogen-bond acceptors (Lipinski definition) is 1. The van der Waals surface area contributed by atoms with E-state index in [9.17, 15) is 17.6 Å². The van der Waals surface area contributed by atoms with Crippen LogP contribution in [0, 0.1) is 23.6 Å². The third-order valence-corrected chi connectivity index (χ3v) is 7.73. The van der Waals surface area contributed by atoms with E-state index < -0.39 is 18.6 Å². The minimum atomic E-state index is -4.49. The molecule has 2 fully saturated rings. The monoisotopic (exact) mass is 462 g/mol. The van der Waals surface area contributed by atoms with Crippen LogP contribution >= 0.6 is 0 Å². The molecule has 4 rings (SSSR count). The Morgan fingerprint density at radius 1 is 0.879 bits per heavy atom. The van der Waals surface area contributed by atoms with Crippen LogP contribution in [0.15, 0.2) is 42.5 Å². The molecule has 33 heavy (non-hydrogen) atoms. The van der Waals surface area contributed by atoms with E-state index in [-0.39, 0.29) is 5.75 Å². The second-order valence-electron chi connectivity index (χ2n) is 10.0. The molecule has 2 aromatic carbocycles. The first-order chi connectivity index (χ1) is 15.8. The summed E-state index contributed by atoms with van der Waals surface area (Å²) < 4.78 is 55.7. The Balaban J connectivity index is 1.36. The maximum absolute atomic E-state index is 14.2. The number of unbranched alkanes of at least 4 members (excludes halogenated alkanes) is 1. The zero-order chi connectivity index (χ0) is 23.4. The summed E-state index contributed by atoms with van der Waals surface area (Å²) in [7, 11) is 0. The molecule has 5 heteroatoms. The van der Waals surface area contributed by atoms with Gasteiger partial charge in [0.05, 0.1) is 0 Å². The molecule has 2 saturated carbocycles. The Bertz CT molecular complexity index is 905. The van der Waals surface area contributed by atoms with Crippen LogP contribution < -0.4 is 4.74 Å². The van der Waals surface area contributed by atoms with Crippen molar-refractivity contribution >= 4 is 0 Å². The summed E-state index contributed by atoms with van der Waals surface area (Å²) in [6, 6.07) is 12.4. The summed E-state index contributed by atoms with van der Waals surface area (Å²) in [6.07, 6.45) is 7.58. The van der Waals surface area contributed by atoms with Gasteiger partial charge in [-0.2, -0.15) is 13.2 Å². The van der Waals surface area contributed by atoms with Crippen LogP contribution in [0.4, 0.5) is 17.6 Å². The zero-order valence-corrected chi connectivity index (χ0v) is 19.3. The van der Waals surface area contributed by atoms with E-state index in [1.165, 1.54) is 75.5 Å².